The van der Waals surface area contributed by atoms with Gasteiger partial charge in [-0.05, 0) is 25.0 Å². The van der Waals surface area contributed by atoms with Gasteiger partial charge in [-0.3, -0.25) is 0 Å². The van der Waals surface area contributed by atoms with Crippen LogP contribution in [0.25, 0.3) is 0 Å². The second-order valence-corrected chi connectivity index (χ2v) is 6.10. The van der Waals surface area contributed by atoms with Crippen LogP contribution in [0.1, 0.15) is 23.7 Å². The van der Waals surface area contributed by atoms with Crippen molar-refractivity contribution in [2.45, 2.75) is 19.4 Å². The highest BCUT2D eigenvalue weighted by atomic mass is 35.5. The van der Waals surface area contributed by atoms with Crippen LogP contribution >= 0.6 is 11.6 Å². The number of nitrogens with two attached hydrogens (primary N) is 1. The van der Waals surface area contributed by atoms with Crippen molar-refractivity contribution < 1.29 is 14.2 Å². The Hall–Kier alpha value is -2.12. The molecular formula is C16H18ClFN4O2. The number of benzene rings is 1. The molecule has 3 N–H and O–H groups in total. The van der Waals surface area contributed by atoms with E-state index in [9.17, 15) is 9.50 Å². The average molecular weight is 353 g/mol. The highest BCUT2D eigenvalue weighted by Gasteiger charge is 2.28. The van der Waals surface area contributed by atoms with Crippen LogP contribution in [0.15, 0.2) is 18.2 Å². The number of halogens is 2. The molecule has 2 aromatic rings. The fourth-order valence-corrected chi connectivity index (χ4v) is 3.12. The van der Waals surface area contributed by atoms with E-state index in [0.717, 1.165) is 12.1 Å². The third kappa shape index (κ3) is 3.37. The van der Waals surface area contributed by atoms with Crippen LogP contribution < -0.4 is 10.6 Å². The van der Waals surface area contributed by atoms with Gasteiger partial charge < -0.3 is 20.5 Å². The van der Waals surface area contributed by atoms with Crippen molar-refractivity contribution >= 4 is 23.4 Å². The van der Waals surface area contributed by atoms with Crippen LogP contribution in [-0.4, -0.2) is 34.8 Å². The summed E-state index contributed by atoms with van der Waals surface area (Å²) in [6, 6.07) is 3.92. The average Bonchev–Trinajstić information content (AvgIpc) is 2.75. The Morgan fingerprint density at radius 2 is 2.17 bits per heavy atom. The minimum atomic E-state index is -0.725. The van der Waals surface area contributed by atoms with Gasteiger partial charge in [0, 0.05) is 36.0 Å². The van der Waals surface area contributed by atoms with Gasteiger partial charge in [-0.25, -0.2) is 9.37 Å². The first-order valence-electron chi connectivity index (χ1n) is 7.59. The second-order valence-electron chi connectivity index (χ2n) is 5.69. The van der Waals surface area contributed by atoms with E-state index in [1.807, 2.05) is 17.9 Å². The Kier molecular flexibility index (Phi) is 4.73. The van der Waals surface area contributed by atoms with E-state index in [2.05, 4.69) is 9.97 Å². The second kappa shape index (κ2) is 6.78. The number of anilines is 2. The topological polar surface area (TPSA) is 84.5 Å². The molecule has 1 fully saturated rings. The number of aryl methyl sites for hydroxylation is 1. The molecule has 0 aliphatic carbocycles. The molecule has 6 nitrogen and oxygen atoms in total. The van der Waals surface area contributed by atoms with E-state index in [0.29, 0.717) is 31.1 Å². The quantitative estimate of drug-likeness (QED) is 0.864. The zero-order chi connectivity index (χ0) is 17.3. The molecule has 1 aromatic heterocycles. The van der Waals surface area contributed by atoms with Gasteiger partial charge in [0.05, 0.1) is 12.6 Å². The molecule has 1 unspecified atom stereocenters. The largest absolute Gasteiger partial charge is 0.505 e. The molecule has 0 amide bonds. The minimum Gasteiger partial charge on any atom is -0.505 e. The zero-order valence-electron chi connectivity index (χ0n) is 13.2. The summed E-state index contributed by atoms with van der Waals surface area (Å²) in [5.41, 5.74) is 7.04. The van der Waals surface area contributed by atoms with Gasteiger partial charge in [0.15, 0.2) is 11.6 Å². The lowest BCUT2D eigenvalue weighted by Crippen LogP contribution is -2.32. The summed E-state index contributed by atoms with van der Waals surface area (Å²) in [5.74, 6) is -0.388. The summed E-state index contributed by atoms with van der Waals surface area (Å²) in [6.45, 7) is 3.40. The van der Waals surface area contributed by atoms with Crippen molar-refractivity contribution in [2.75, 3.05) is 30.4 Å². The highest BCUT2D eigenvalue weighted by Crippen LogP contribution is 2.35. The number of rotatable bonds is 2. The number of nitrogen functional groups attached to an aromatic ring is 1. The third-order valence-electron chi connectivity index (χ3n) is 3.92. The summed E-state index contributed by atoms with van der Waals surface area (Å²) in [4.78, 5) is 10.4. The lowest BCUT2D eigenvalue weighted by molar-refractivity contribution is 0.134. The van der Waals surface area contributed by atoms with E-state index >= 15 is 0 Å². The van der Waals surface area contributed by atoms with Crippen molar-refractivity contribution in [3.05, 3.63) is 40.3 Å². The van der Waals surface area contributed by atoms with Gasteiger partial charge in [-0.2, -0.15) is 4.98 Å². The Morgan fingerprint density at radius 3 is 2.92 bits per heavy atom. The molecule has 3 rings (SSSR count). The molecule has 1 aromatic carbocycles. The van der Waals surface area contributed by atoms with Crippen molar-refractivity contribution in [3.63, 3.8) is 0 Å². The van der Waals surface area contributed by atoms with Gasteiger partial charge >= 0.3 is 0 Å². The monoisotopic (exact) mass is 352 g/mol. The minimum absolute atomic E-state index is 0.178. The molecule has 0 bridgehead atoms. The van der Waals surface area contributed by atoms with E-state index < -0.39 is 11.6 Å². The fourth-order valence-electron chi connectivity index (χ4n) is 2.84. The summed E-state index contributed by atoms with van der Waals surface area (Å²) < 4.78 is 19.5. The van der Waals surface area contributed by atoms with Crippen molar-refractivity contribution in [2.24, 2.45) is 0 Å². The van der Waals surface area contributed by atoms with Crippen LogP contribution in [0, 0.1) is 12.7 Å². The third-order valence-corrected chi connectivity index (χ3v) is 4.24. The van der Waals surface area contributed by atoms with Crippen molar-refractivity contribution in [1.82, 2.24) is 9.97 Å². The summed E-state index contributed by atoms with van der Waals surface area (Å²) in [7, 11) is 0. The maximum Gasteiger partial charge on any atom is 0.222 e. The van der Waals surface area contributed by atoms with E-state index in [4.69, 9.17) is 22.1 Å². The van der Waals surface area contributed by atoms with Crippen molar-refractivity contribution in [3.8, 4) is 5.75 Å². The number of phenols is 1. The van der Waals surface area contributed by atoms with Gasteiger partial charge in [0.1, 0.15) is 5.82 Å². The summed E-state index contributed by atoms with van der Waals surface area (Å²) in [6.07, 6.45) is 0.789. The fraction of sp³-hybridized carbons (Fsp3) is 0.375. The van der Waals surface area contributed by atoms with Crippen molar-refractivity contribution in [1.29, 1.82) is 0 Å². The van der Waals surface area contributed by atoms with E-state index in [1.54, 1.807) is 0 Å². The maximum absolute atomic E-state index is 13.9. The molecule has 1 aliphatic rings. The van der Waals surface area contributed by atoms with Crippen LogP contribution in [0.3, 0.4) is 0 Å². The van der Waals surface area contributed by atoms with Gasteiger partial charge in [-0.15, -0.1) is 0 Å². The molecule has 8 heteroatoms. The Labute approximate surface area is 144 Å². The molecule has 0 saturated carbocycles. The number of aromatic nitrogens is 2. The van der Waals surface area contributed by atoms with Crippen LogP contribution in [-0.2, 0) is 4.74 Å². The van der Waals surface area contributed by atoms with Gasteiger partial charge in [0.2, 0.25) is 5.95 Å². The summed E-state index contributed by atoms with van der Waals surface area (Å²) in [5, 5.41) is 9.76. The number of ether oxygens (including phenoxy) is 1. The van der Waals surface area contributed by atoms with Gasteiger partial charge in [0.25, 0.3) is 0 Å². The SMILES string of the molecule is Cc1cc(N2CCCOCC2c2cc(F)c(O)cc2Cl)nc(N)n1. The lowest BCUT2D eigenvalue weighted by atomic mass is 10.0. The van der Waals surface area contributed by atoms with Crippen LogP contribution in [0.5, 0.6) is 5.75 Å². The predicted molar refractivity (Wildman–Crippen MR) is 89.8 cm³/mol. The maximum atomic E-state index is 13.9. The first kappa shape index (κ1) is 16.7. The molecule has 1 saturated heterocycles. The molecule has 1 aliphatic heterocycles. The lowest BCUT2D eigenvalue weighted by Gasteiger charge is -2.31. The Bertz CT molecular complexity index is 739. The number of aromatic hydroxyl groups is 1. The van der Waals surface area contributed by atoms with E-state index in [1.165, 1.54) is 12.1 Å². The molecule has 128 valence electrons. The van der Waals surface area contributed by atoms with Crippen LogP contribution in [0.2, 0.25) is 5.02 Å². The first-order valence-corrected chi connectivity index (χ1v) is 7.97. The molecule has 0 spiro atoms. The zero-order valence-corrected chi connectivity index (χ0v) is 13.9. The van der Waals surface area contributed by atoms with Crippen LogP contribution in [0.4, 0.5) is 16.2 Å². The summed E-state index contributed by atoms with van der Waals surface area (Å²) >= 11 is 6.24. The number of phenolic OH excluding ortho intramolecular Hbond substituents is 1. The number of hydrogen-bond acceptors (Lipinski definition) is 6. The van der Waals surface area contributed by atoms with Gasteiger partial charge in [-0.1, -0.05) is 11.6 Å². The molecule has 1 atom stereocenters. The molecular weight excluding hydrogens is 335 g/mol. The Morgan fingerprint density at radius 1 is 1.38 bits per heavy atom. The number of nitrogens with zero attached hydrogens (tertiary/aromatic N) is 3. The molecule has 0 radical (unpaired) electrons. The predicted octanol–water partition coefficient (Wildman–Crippen LogP) is 2.83. The molecule has 2 heterocycles. The Balaban J connectivity index is 2.06. The molecule has 24 heavy (non-hydrogen) atoms. The normalized spacial score (nSPS) is 18.5. The highest BCUT2D eigenvalue weighted by molar-refractivity contribution is 6.31. The standard InChI is InChI=1S/C16H18ClFN4O2/c1-9-5-15(21-16(19)20-9)22-3-2-4-24-8-13(22)10-6-12(18)14(23)7-11(10)17/h5-7,13,23H,2-4,8H2,1H3,(H2,19,20,21). The first-order chi connectivity index (χ1) is 11.5. The smallest absolute Gasteiger partial charge is 0.222 e. The van der Waals surface area contributed by atoms with E-state index in [-0.39, 0.29) is 17.0 Å². The number of hydrogen-bond donors (Lipinski definition) is 2.